The summed E-state index contributed by atoms with van der Waals surface area (Å²) in [5.74, 6) is 2.05. The van der Waals surface area contributed by atoms with Crippen LogP contribution < -0.4 is 10.6 Å². The second-order valence-electron chi connectivity index (χ2n) is 4.20. The lowest BCUT2D eigenvalue weighted by Crippen LogP contribution is -2.38. The van der Waals surface area contributed by atoms with Crippen LogP contribution in [0.2, 0.25) is 5.02 Å². The van der Waals surface area contributed by atoms with Crippen molar-refractivity contribution < 1.29 is 0 Å². The van der Waals surface area contributed by atoms with Gasteiger partial charge in [-0.15, -0.1) is 0 Å². The van der Waals surface area contributed by atoms with Gasteiger partial charge in [0.05, 0.1) is 5.02 Å². The maximum absolute atomic E-state index is 6.27. The third-order valence-corrected chi connectivity index (χ3v) is 4.66. The van der Waals surface area contributed by atoms with E-state index in [0.717, 1.165) is 35.2 Å². The molecule has 2 rings (SSSR count). The van der Waals surface area contributed by atoms with Gasteiger partial charge in [-0.25, -0.2) is 4.98 Å². The Morgan fingerprint density at radius 2 is 2.47 bits per heavy atom. The molecule has 94 valence electrons. The Kier molecular flexibility index (Phi) is 4.54. The molecule has 0 amide bonds. The van der Waals surface area contributed by atoms with Gasteiger partial charge in [-0.05, 0) is 18.1 Å². The van der Waals surface area contributed by atoms with E-state index in [9.17, 15) is 0 Å². The number of anilines is 1. The number of hydrogen-bond acceptors (Lipinski definition) is 4. The minimum Gasteiger partial charge on any atom is -0.353 e. The summed E-state index contributed by atoms with van der Waals surface area (Å²) < 4.78 is 0. The van der Waals surface area contributed by atoms with E-state index >= 15 is 0 Å². The Bertz CT molecular complexity index is 386. The zero-order valence-electron chi connectivity index (χ0n) is 10.0. The third-order valence-electron chi connectivity index (χ3n) is 3.01. The maximum Gasteiger partial charge on any atom is 0.147 e. The molecule has 2 heterocycles. The lowest BCUT2D eigenvalue weighted by atomic mass is 10.2. The molecule has 1 fully saturated rings. The molecular formula is C12H18ClN3S. The minimum absolute atomic E-state index is 0.487. The van der Waals surface area contributed by atoms with E-state index < -0.39 is 0 Å². The summed E-state index contributed by atoms with van der Waals surface area (Å²) in [6, 6.07) is 1.92. The van der Waals surface area contributed by atoms with Crippen molar-refractivity contribution in [2.24, 2.45) is 5.73 Å². The molecule has 0 saturated carbocycles. The molecular weight excluding hydrogens is 254 g/mol. The van der Waals surface area contributed by atoms with Crippen molar-refractivity contribution in [2.75, 3.05) is 23.7 Å². The molecule has 0 aliphatic carbocycles. The highest BCUT2D eigenvalue weighted by Crippen LogP contribution is 2.29. The Morgan fingerprint density at radius 3 is 3.12 bits per heavy atom. The SMILES string of the molecule is CCC1CN(c2ncc(CN)cc2Cl)CCS1. The normalized spacial score (nSPS) is 20.6. The number of aromatic nitrogens is 1. The monoisotopic (exact) mass is 271 g/mol. The predicted molar refractivity (Wildman–Crippen MR) is 75.9 cm³/mol. The second-order valence-corrected chi connectivity index (χ2v) is 6.02. The van der Waals surface area contributed by atoms with Crippen LogP contribution in [0.15, 0.2) is 12.3 Å². The van der Waals surface area contributed by atoms with Crippen molar-refractivity contribution in [2.45, 2.75) is 25.1 Å². The average Bonchev–Trinajstić information content (AvgIpc) is 2.38. The number of nitrogens with two attached hydrogens (primary N) is 1. The van der Waals surface area contributed by atoms with Crippen molar-refractivity contribution in [1.82, 2.24) is 4.98 Å². The molecule has 1 aliphatic heterocycles. The number of rotatable bonds is 3. The van der Waals surface area contributed by atoms with Crippen LogP contribution in [0.1, 0.15) is 18.9 Å². The number of hydrogen-bond donors (Lipinski definition) is 1. The molecule has 0 aromatic carbocycles. The summed E-state index contributed by atoms with van der Waals surface area (Å²) in [4.78, 5) is 6.73. The highest BCUT2D eigenvalue weighted by atomic mass is 35.5. The first-order chi connectivity index (χ1) is 8.24. The number of pyridine rings is 1. The van der Waals surface area contributed by atoms with Crippen LogP contribution in [0.25, 0.3) is 0 Å². The van der Waals surface area contributed by atoms with Crippen molar-refractivity contribution in [3.63, 3.8) is 0 Å². The highest BCUT2D eigenvalue weighted by molar-refractivity contribution is 8.00. The van der Waals surface area contributed by atoms with E-state index in [2.05, 4.69) is 16.8 Å². The van der Waals surface area contributed by atoms with Crippen LogP contribution >= 0.6 is 23.4 Å². The molecule has 0 radical (unpaired) electrons. The second kappa shape index (κ2) is 5.94. The minimum atomic E-state index is 0.487. The number of nitrogens with zero attached hydrogens (tertiary/aromatic N) is 2. The fourth-order valence-corrected chi connectivity index (χ4v) is 3.46. The van der Waals surface area contributed by atoms with E-state index in [0.29, 0.717) is 11.8 Å². The Labute approximate surface area is 112 Å². The molecule has 0 spiro atoms. The molecule has 1 saturated heterocycles. The van der Waals surface area contributed by atoms with Crippen LogP contribution in [0, 0.1) is 0 Å². The van der Waals surface area contributed by atoms with Gasteiger partial charge in [0.1, 0.15) is 5.82 Å². The number of halogens is 1. The summed E-state index contributed by atoms with van der Waals surface area (Å²) in [5.41, 5.74) is 6.56. The predicted octanol–water partition coefficient (Wildman–Crippen LogP) is 2.53. The molecule has 5 heteroatoms. The smallest absolute Gasteiger partial charge is 0.147 e. The van der Waals surface area contributed by atoms with Crippen LogP contribution in [0.3, 0.4) is 0 Å². The quantitative estimate of drug-likeness (QED) is 0.917. The summed E-state index contributed by atoms with van der Waals surface area (Å²) in [7, 11) is 0. The Balaban J connectivity index is 2.16. The summed E-state index contributed by atoms with van der Waals surface area (Å²) in [5, 5.41) is 1.41. The first-order valence-electron chi connectivity index (χ1n) is 5.95. The third kappa shape index (κ3) is 3.06. The number of thioether (sulfide) groups is 1. The summed E-state index contributed by atoms with van der Waals surface area (Å²) >= 11 is 8.31. The van der Waals surface area contributed by atoms with Gasteiger partial charge in [-0.1, -0.05) is 18.5 Å². The Morgan fingerprint density at radius 1 is 1.65 bits per heavy atom. The van der Waals surface area contributed by atoms with Crippen LogP contribution in [-0.2, 0) is 6.54 Å². The van der Waals surface area contributed by atoms with Crippen LogP contribution in [0.5, 0.6) is 0 Å². The van der Waals surface area contributed by atoms with Gasteiger partial charge >= 0.3 is 0 Å². The zero-order valence-corrected chi connectivity index (χ0v) is 11.6. The van der Waals surface area contributed by atoms with E-state index in [1.165, 1.54) is 6.42 Å². The van der Waals surface area contributed by atoms with Crippen molar-refractivity contribution in [1.29, 1.82) is 0 Å². The summed E-state index contributed by atoms with van der Waals surface area (Å²) in [6.45, 7) is 4.78. The molecule has 2 N–H and O–H groups in total. The first kappa shape index (κ1) is 13.0. The molecule has 1 aromatic heterocycles. The van der Waals surface area contributed by atoms with Gasteiger partial charge in [0, 0.05) is 36.8 Å². The molecule has 0 bridgehead atoms. The molecule has 17 heavy (non-hydrogen) atoms. The molecule has 1 aliphatic rings. The topological polar surface area (TPSA) is 42.2 Å². The molecule has 3 nitrogen and oxygen atoms in total. The lowest BCUT2D eigenvalue weighted by molar-refractivity contribution is 0.719. The zero-order chi connectivity index (χ0) is 12.3. The van der Waals surface area contributed by atoms with E-state index in [4.69, 9.17) is 17.3 Å². The van der Waals surface area contributed by atoms with Gasteiger partial charge in [0.2, 0.25) is 0 Å². The molecule has 1 aromatic rings. The van der Waals surface area contributed by atoms with E-state index in [-0.39, 0.29) is 0 Å². The molecule has 1 unspecified atom stereocenters. The van der Waals surface area contributed by atoms with Gasteiger partial charge in [-0.2, -0.15) is 11.8 Å². The van der Waals surface area contributed by atoms with Crippen LogP contribution in [0.4, 0.5) is 5.82 Å². The van der Waals surface area contributed by atoms with Crippen molar-refractivity contribution in [3.05, 3.63) is 22.8 Å². The van der Waals surface area contributed by atoms with Crippen molar-refractivity contribution in [3.8, 4) is 0 Å². The average molecular weight is 272 g/mol. The first-order valence-corrected chi connectivity index (χ1v) is 7.38. The van der Waals surface area contributed by atoms with E-state index in [1.54, 1.807) is 0 Å². The lowest BCUT2D eigenvalue weighted by Gasteiger charge is -2.33. The fraction of sp³-hybridized carbons (Fsp3) is 0.583. The van der Waals surface area contributed by atoms with E-state index in [1.807, 2.05) is 24.0 Å². The standard InChI is InChI=1S/C12H18ClN3S/c1-2-10-8-16(3-4-17-10)12-11(13)5-9(6-14)7-15-12/h5,7,10H,2-4,6,8,14H2,1H3. The van der Waals surface area contributed by atoms with Crippen molar-refractivity contribution >= 4 is 29.2 Å². The summed E-state index contributed by atoms with van der Waals surface area (Å²) in [6.07, 6.45) is 3.02. The fourth-order valence-electron chi connectivity index (χ4n) is 1.97. The van der Waals surface area contributed by atoms with Gasteiger partial charge in [0.25, 0.3) is 0 Å². The van der Waals surface area contributed by atoms with Gasteiger partial charge in [0.15, 0.2) is 0 Å². The highest BCUT2D eigenvalue weighted by Gasteiger charge is 2.21. The van der Waals surface area contributed by atoms with Crippen LogP contribution in [-0.4, -0.2) is 29.1 Å². The van der Waals surface area contributed by atoms with Gasteiger partial charge in [-0.3, -0.25) is 0 Å². The molecule has 1 atom stereocenters. The van der Waals surface area contributed by atoms with Gasteiger partial charge < -0.3 is 10.6 Å². The maximum atomic E-state index is 6.27. The largest absolute Gasteiger partial charge is 0.353 e. The Hall–Kier alpha value is -0.450.